The first-order chi connectivity index (χ1) is 10.1. The number of hydrogen-bond acceptors (Lipinski definition) is 4. The summed E-state index contributed by atoms with van der Waals surface area (Å²) >= 11 is 0. The van der Waals surface area contributed by atoms with E-state index in [-0.39, 0.29) is 24.9 Å². The molecule has 0 saturated heterocycles. The zero-order valence-electron chi connectivity index (χ0n) is 12.4. The van der Waals surface area contributed by atoms with Crippen molar-refractivity contribution in [2.45, 2.75) is 57.2 Å². The van der Waals surface area contributed by atoms with Gasteiger partial charge in [-0.3, -0.25) is 9.59 Å². The molecular formula is C15H25N3O3. The van der Waals surface area contributed by atoms with E-state index in [0.29, 0.717) is 13.1 Å². The number of carbonyl (C=O) groups is 2. The third-order valence-corrected chi connectivity index (χ3v) is 3.28. The van der Waals surface area contributed by atoms with Gasteiger partial charge >= 0.3 is 0 Å². The highest BCUT2D eigenvalue weighted by Gasteiger charge is 2.21. The van der Waals surface area contributed by atoms with Gasteiger partial charge in [-0.2, -0.15) is 0 Å². The lowest BCUT2D eigenvalue weighted by Crippen LogP contribution is -2.36. The van der Waals surface area contributed by atoms with Gasteiger partial charge < -0.3 is 21.5 Å². The zero-order chi connectivity index (χ0) is 15.5. The maximum atomic E-state index is 11.5. The minimum absolute atomic E-state index is 0.154. The predicted molar refractivity (Wildman–Crippen MR) is 80.0 cm³/mol. The van der Waals surface area contributed by atoms with Crippen molar-refractivity contribution in [1.82, 2.24) is 5.32 Å². The third-order valence-electron chi connectivity index (χ3n) is 3.28. The van der Waals surface area contributed by atoms with E-state index in [2.05, 4.69) is 17.2 Å². The van der Waals surface area contributed by atoms with Crippen LogP contribution in [0.3, 0.4) is 0 Å². The molecule has 0 bridgehead atoms. The Balaban J connectivity index is 2.45. The van der Waals surface area contributed by atoms with Crippen LogP contribution < -0.4 is 16.8 Å². The standard InChI is InChI=1S/C15H25N3O3/c16-10-11-18-14(19)9-8-13(15(17)20)21-12-6-4-2-1-3-5-7-12/h12-13H,1-4,6,8-11,16H2,(H2,17,20)(H,18,19). The molecule has 2 atom stereocenters. The van der Waals surface area contributed by atoms with E-state index in [0.717, 1.165) is 32.1 Å². The molecule has 0 aromatic carbocycles. The van der Waals surface area contributed by atoms with Crippen LogP contribution in [0.5, 0.6) is 0 Å². The Kier molecular flexibility index (Phi) is 8.48. The number of carbonyl (C=O) groups excluding carboxylic acids is 2. The van der Waals surface area contributed by atoms with Gasteiger partial charge in [0.1, 0.15) is 12.2 Å². The lowest BCUT2D eigenvalue weighted by molar-refractivity contribution is -0.133. The molecule has 5 N–H and O–H groups in total. The Bertz CT molecular complexity index is 401. The van der Waals surface area contributed by atoms with Crippen LogP contribution in [0.2, 0.25) is 0 Å². The quantitative estimate of drug-likeness (QED) is 0.550. The molecule has 0 spiro atoms. The van der Waals surface area contributed by atoms with E-state index in [1.807, 2.05) is 0 Å². The summed E-state index contributed by atoms with van der Waals surface area (Å²) in [5.74, 6) is 5.38. The molecular weight excluding hydrogens is 270 g/mol. The number of amides is 2. The second-order valence-corrected chi connectivity index (χ2v) is 5.11. The van der Waals surface area contributed by atoms with Crippen molar-refractivity contribution in [3.8, 4) is 11.8 Å². The van der Waals surface area contributed by atoms with Crippen LogP contribution in [-0.4, -0.2) is 37.1 Å². The van der Waals surface area contributed by atoms with Gasteiger partial charge in [-0.1, -0.05) is 12.3 Å². The van der Waals surface area contributed by atoms with Crippen LogP contribution in [0.25, 0.3) is 0 Å². The first-order valence-corrected chi connectivity index (χ1v) is 7.53. The van der Waals surface area contributed by atoms with Crippen LogP contribution in [0.4, 0.5) is 0 Å². The van der Waals surface area contributed by atoms with Gasteiger partial charge in [0, 0.05) is 25.9 Å². The van der Waals surface area contributed by atoms with Crippen molar-refractivity contribution >= 4 is 11.8 Å². The molecule has 6 heteroatoms. The number of nitrogens with two attached hydrogens (primary N) is 2. The van der Waals surface area contributed by atoms with Gasteiger partial charge in [0.2, 0.25) is 11.8 Å². The van der Waals surface area contributed by atoms with Gasteiger partial charge in [0.25, 0.3) is 0 Å². The molecule has 0 aliphatic heterocycles. The third kappa shape index (κ3) is 7.69. The van der Waals surface area contributed by atoms with E-state index in [9.17, 15) is 9.59 Å². The average molecular weight is 295 g/mol. The fourth-order valence-electron chi connectivity index (χ4n) is 2.12. The molecule has 6 nitrogen and oxygen atoms in total. The molecule has 0 saturated carbocycles. The SMILES string of the molecule is NCCNC(=O)CCC(OC1C#CCCCCC1)C(N)=O. The predicted octanol–water partition coefficient (Wildman–Crippen LogP) is 0.0481. The number of nitrogens with one attached hydrogen (secondary N) is 1. The van der Waals surface area contributed by atoms with Crippen LogP contribution in [0, 0.1) is 11.8 Å². The van der Waals surface area contributed by atoms with E-state index >= 15 is 0 Å². The summed E-state index contributed by atoms with van der Waals surface area (Å²) < 4.78 is 5.69. The Morgan fingerprint density at radius 2 is 2.14 bits per heavy atom. The normalized spacial score (nSPS) is 19.6. The van der Waals surface area contributed by atoms with Gasteiger partial charge in [-0.25, -0.2) is 0 Å². The van der Waals surface area contributed by atoms with Crippen molar-refractivity contribution in [3.05, 3.63) is 0 Å². The van der Waals surface area contributed by atoms with Crippen LogP contribution in [0.15, 0.2) is 0 Å². The summed E-state index contributed by atoms with van der Waals surface area (Å²) in [6.07, 6.45) is 4.35. The highest BCUT2D eigenvalue weighted by Crippen LogP contribution is 2.14. The summed E-state index contributed by atoms with van der Waals surface area (Å²) in [5.41, 5.74) is 10.6. The monoisotopic (exact) mass is 295 g/mol. The highest BCUT2D eigenvalue weighted by atomic mass is 16.5. The van der Waals surface area contributed by atoms with Crippen molar-refractivity contribution in [3.63, 3.8) is 0 Å². The molecule has 1 aliphatic rings. The van der Waals surface area contributed by atoms with Gasteiger partial charge in [-0.15, -0.1) is 5.92 Å². The van der Waals surface area contributed by atoms with E-state index in [1.54, 1.807) is 0 Å². The molecule has 2 unspecified atom stereocenters. The van der Waals surface area contributed by atoms with Crippen molar-refractivity contribution in [2.75, 3.05) is 13.1 Å². The zero-order valence-corrected chi connectivity index (χ0v) is 12.4. The largest absolute Gasteiger partial charge is 0.367 e. The molecule has 0 aromatic heterocycles. The Hall–Kier alpha value is -1.58. The van der Waals surface area contributed by atoms with Gasteiger partial charge in [0.15, 0.2) is 0 Å². The molecule has 0 aromatic rings. The molecule has 0 heterocycles. The summed E-state index contributed by atoms with van der Waals surface area (Å²) in [6.45, 7) is 0.814. The van der Waals surface area contributed by atoms with Crippen LogP contribution in [-0.2, 0) is 14.3 Å². The fourth-order valence-corrected chi connectivity index (χ4v) is 2.12. The van der Waals surface area contributed by atoms with Crippen molar-refractivity contribution < 1.29 is 14.3 Å². The summed E-state index contributed by atoms with van der Waals surface area (Å²) in [4.78, 5) is 23.0. The number of ether oxygens (including phenoxy) is 1. The van der Waals surface area contributed by atoms with Crippen molar-refractivity contribution in [1.29, 1.82) is 0 Å². The second kappa shape index (κ2) is 10.2. The fraction of sp³-hybridized carbons (Fsp3) is 0.733. The number of hydrogen-bond donors (Lipinski definition) is 3. The maximum Gasteiger partial charge on any atom is 0.246 e. The lowest BCUT2D eigenvalue weighted by atomic mass is 10.1. The van der Waals surface area contributed by atoms with E-state index in [1.165, 1.54) is 0 Å². The molecule has 118 valence electrons. The van der Waals surface area contributed by atoms with Gasteiger partial charge in [0.05, 0.1) is 0 Å². The van der Waals surface area contributed by atoms with Crippen LogP contribution in [0.1, 0.15) is 44.9 Å². The second-order valence-electron chi connectivity index (χ2n) is 5.11. The highest BCUT2D eigenvalue weighted by molar-refractivity contribution is 5.81. The maximum absolute atomic E-state index is 11.5. The first-order valence-electron chi connectivity index (χ1n) is 7.53. The number of primary amides is 1. The first kappa shape index (κ1) is 17.5. The van der Waals surface area contributed by atoms with Crippen molar-refractivity contribution in [2.24, 2.45) is 11.5 Å². The molecule has 1 rings (SSSR count). The van der Waals surface area contributed by atoms with E-state index < -0.39 is 12.0 Å². The Morgan fingerprint density at radius 1 is 1.33 bits per heavy atom. The summed E-state index contributed by atoms with van der Waals surface area (Å²) in [7, 11) is 0. The Labute approximate surface area is 126 Å². The number of rotatable bonds is 8. The minimum Gasteiger partial charge on any atom is -0.367 e. The smallest absolute Gasteiger partial charge is 0.246 e. The lowest BCUT2D eigenvalue weighted by Gasteiger charge is -2.20. The van der Waals surface area contributed by atoms with E-state index in [4.69, 9.17) is 16.2 Å². The van der Waals surface area contributed by atoms with Crippen LogP contribution >= 0.6 is 0 Å². The average Bonchev–Trinajstić information content (AvgIpc) is 2.42. The molecule has 2 amide bonds. The van der Waals surface area contributed by atoms with Gasteiger partial charge in [-0.05, 0) is 25.7 Å². The minimum atomic E-state index is -0.771. The molecule has 0 radical (unpaired) electrons. The summed E-state index contributed by atoms with van der Waals surface area (Å²) in [5, 5.41) is 2.65. The molecule has 0 fully saturated rings. The molecule has 21 heavy (non-hydrogen) atoms. The summed E-state index contributed by atoms with van der Waals surface area (Å²) in [6, 6.07) is 0. The Morgan fingerprint density at radius 3 is 2.86 bits per heavy atom. The molecule has 1 aliphatic carbocycles. The topological polar surface area (TPSA) is 107 Å².